The standard InChI is InChI=1S/C11H8F4N2O/c1-6(5-16)17-10(18)8-4-7(11(13,14)15)2-3-9(8)12/h2-4,6H,1H3,(H,17,18). The first-order valence-electron chi connectivity index (χ1n) is 4.83. The highest BCUT2D eigenvalue weighted by Gasteiger charge is 2.32. The van der Waals surface area contributed by atoms with Crippen molar-refractivity contribution in [3.05, 3.63) is 35.1 Å². The predicted octanol–water partition coefficient (Wildman–Crippen LogP) is 2.49. The van der Waals surface area contributed by atoms with Crippen LogP contribution < -0.4 is 5.32 Å². The summed E-state index contributed by atoms with van der Waals surface area (Å²) in [4.78, 5) is 11.4. The maximum atomic E-state index is 13.3. The van der Waals surface area contributed by atoms with Crippen molar-refractivity contribution in [1.29, 1.82) is 5.26 Å². The minimum absolute atomic E-state index is 0.411. The molecule has 0 aliphatic heterocycles. The highest BCUT2D eigenvalue weighted by atomic mass is 19.4. The van der Waals surface area contributed by atoms with Crippen molar-refractivity contribution >= 4 is 5.91 Å². The lowest BCUT2D eigenvalue weighted by Gasteiger charge is -2.10. The fourth-order valence-electron chi connectivity index (χ4n) is 1.18. The third kappa shape index (κ3) is 3.20. The lowest BCUT2D eigenvalue weighted by molar-refractivity contribution is -0.137. The van der Waals surface area contributed by atoms with Crippen LogP contribution in [-0.4, -0.2) is 11.9 Å². The summed E-state index contributed by atoms with van der Waals surface area (Å²) < 4.78 is 50.4. The van der Waals surface area contributed by atoms with Gasteiger partial charge in [-0.05, 0) is 25.1 Å². The topological polar surface area (TPSA) is 52.9 Å². The van der Waals surface area contributed by atoms with Crippen LogP contribution in [0.2, 0.25) is 0 Å². The zero-order valence-electron chi connectivity index (χ0n) is 9.18. The van der Waals surface area contributed by atoms with Crippen LogP contribution in [0.5, 0.6) is 0 Å². The van der Waals surface area contributed by atoms with E-state index in [0.717, 1.165) is 0 Å². The van der Waals surface area contributed by atoms with Crippen LogP contribution in [0.15, 0.2) is 18.2 Å². The molecule has 0 aliphatic carbocycles. The normalized spacial score (nSPS) is 12.7. The highest BCUT2D eigenvalue weighted by molar-refractivity contribution is 5.95. The second kappa shape index (κ2) is 5.04. The molecule has 1 atom stereocenters. The molecule has 7 heteroatoms. The minimum Gasteiger partial charge on any atom is -0.336 e. The van der Waals surface area contributed by atoms with E-state index in [2.05, 4.69) is 5.32 Å². The van der Waals surface area contributed by atoms with E-state index in [4.69, 9.17) is 5.26 Å². The SMILES string of the molecule is CC(C#N)NC(=O)c1cc(C(F)(F)F)ccc1F. The Kier molecular flexibility index (Phi) is 3.91. The van der Waals surface area contributed by atoms with Crippen molar-refractivity contribution in [2.45, 2.75) is 19.1 Å². The monoisotopic (exact) mass is 260 g/mol. The van der Waals surface area contributed by atoms with Crippen molar-refractivity contribution in [2.24, 2.45) is 0 Å². The largest absolute Gasteiger partial charge is 0.416 e. The van der Waals surface area contributed by atoms with Crippen LogP contribution in [-0.2, 0) is 6.18 Å². The molecule has 0 aromatic heterocycles. The van der Waals surface area contributed by atoms with Crippen molar-refractivity contribution in [3.63, 3.8) is 0 Å². The summed E-state index contributed by atoms with van der Waals surface area (Å²) in [5.74, 6) is -2.14. The molecular formula is C11H8F4N2O. The predicted molar refractivity (Wildman–Crippen MR) is 53.9 cm³/mol. The second-order valence-electron chi connectivity index (χ2n) is 3.52. The number of carbonyl (C=O) groups excluding carboxylic acids is 1. The molecule has 96 valence electrons. The summed E-state index contributed by atoms with van der Waals surface area (Å²) in [6.07, 6.45) is -4.66. The van der Waals surface area contributed by atoms with E-state index in [-0.39, 0.29) is 0 Å². The molecule has 0 spiro atoms. The van der Waals surface area contributed by atoms with Crippen LogP contribution in [0.25, 0.3) is 0 Å². The molecule has 1 rings (SSSR count). The molecule has 0 heterocycles. The van der Waals surface area contributed by atoms with Gasteiger partial charge in [0.1, 0.15) is 11.9 Å². The number of nitriles is 1. The molecule has 0 bridgehead atoms. The van der Waals surface area contributed by atoms with E-state index in [1.54, 1.807) is 6.07 Å². The van der Waals surface area contributed by atoms with Gasteiger partial charge in [0, 0.05) is 0 Å². The zero-order valence-corrected chi connectivity index (χ0v) is 9.18. The average molecular weight is 260 g/mol. The Balaban J connectivity index is 3.09. The lowest BCUT2D eigenvalue weighted by atomic mass is 10.1. The van der Waals surface area contributed by atoms with Crippen molar-refractivity contribution in [3.8, 4) is 6.07 Å². The molecular weight excluding hydrogens is 252 g/mol. The fraction of sp³-hybridized carbons (Fsp3) is 0.273. The van der Waals surface area contributed by atoms with Gasteiger partial charge in [-0.15, -0.1) is 0 Å². The average Bonchev–Trinajstić information content (AvgIpc) is 2.27. The van der Waals surface area contributed by atoms with E-state index < -0.39 is 35.1 Å². The highest BCUT2D eigenvalue weighted by Crippen LogP contribution is 2.30. The maximum absolute atomic E-state index is 13.3. The molecule has 1 aromatic rings. The molecule has 1 unspecified atom stereocenters. The van der Waals surface area contributed by atoms with Gasteiger partial charge in [0.25, 0.3) is 5.91 Å². The van der Waals surface area contributed by atoms with Gasteiger partial charge in [-0.25, -0.2) is 4.39 Å². The first kappa shape index (κ1) is 14.0. The van der Waals surface area contributed by atoms with Crippen LogP contribution in [0.4, 0.5) is 17.6 Å². The molecule has 3 nitrogen and oxygen atoms in total. The smallest absolute Gasteiger partial charge is 0.336 e. The van der Waals surface area contributed by atoms with Crippen LogP contribution >= 0.6 is 0 Å². The Bertz CT molecular complexity index is 505. The van der Waals surface area contributed by atoms with E-state index in [1.807, 2.05) is 0 Å². The van der Waals surface area contributed by atoms with Gasteiger partial charge < -0.3 is 5.32 Å². The first-order valence-corrected chi connectivity index (χ1v) is 4.83. The third-order valence-corrected chi connectivity index (χ3v) is 2.08. The van der Waals surface area contributed by atoms with E-state index in [0.29, 0.717) is 18.2 Å². The zero-order chi connectivity index (χ0) is 13.9. The van der Waals surface area contributed by atoms with Gasteiger partial charge >= 0.3 is 6.18 Å². The second-order valence-corrected chi connectivity index (χ2v) is 3.52. The summed E-state index contributed by atoms with van der Waals surface area (Å²) >= 11 is 0. The number of benzene rings is 1. The molecule has 0 aliphatic rings. The molecule has 0 fully saturated rings. The molecule has 0 saturated carbocycles. The Morgan fingerprint density at radius 2 is 2.06 bits per heavy atom. The van der Waals surface area contributed by atoms with Gasteiger partial charge in [-0.1, -0.05) is 0 Å². The van der Waals surface area contributed by atoms with E-state index >= 15 is 0 Å². The Morgan fingerprint density at radius 3 is 2.56 bits per heavy atom. The van der Waals surface area contributed by atoms with Gasteiger partial charge in [0.05, 0.1) is 17.2 Å². The number of carbonyl (C=O) groups is 1. The molecule has 18 heavy (non-hydrogen) atoms. The molecule has 0 saturated heterocycles. The maximum Gasteiger partial charge on any atom is 0.416 e. The summed E-state index contributed by atoms with van der Waals surface area (Å²) in [5, 5.41) is 10.5. The number of hydrogen-bond donors (Lipinski definition) is 1. The number of nitrogens with zero attached hydrogens (tertiary/aromatic N) is 1. The quantitative estimate of drug-likeness (QED) is 0.830. The number of rotatable bonds is 2. The number of nitrogens with one attached hydrogen (secondary N) is 1. The molecule has 1 aromatic carbocycles. The number of hydrogen-bond acceptors (Lipinski definition) is 2. The van der Waals surface area contributed by atoms with Crippen molar-refractivity contribution in [2.75, 3.05) is 0 Å². The molecule has 1 N–H and O–H groups in total. The number of halogens is 4. The van der Waals surface area contributed by atoms with Crippen molar-refractivity contribution in [1.82, 2.24) is 5.32 Å². The van der Waals surface area contributed by atoms with E-state index in [9.17, 15) is 22.4 Å². The Morgan fingerprint density at radius 1 is 1.44 bits per heavy atom. The van der Waals surface area contributed by atoms with E-state index in [1.165, 1.54) is 6.92 Å². The Hall–Kier alpha value is -2.10. The minimum atomic E-state index is -4.66. The first-order chi connectivity index (χ1) is 8.25. The van der Waals surface area contributed by atoms with Gasteiger partial charge in [-0.2, -0.15) is 18.4 Å². The van der Waals surface area contributed by atoms with Gasteiger partial charge in [0.2, 0.25) is 0 Å². The van der Waals surface area contributed by atoms with Crippen LogP contribution in [0.3, 0.4) is 0 Å². The third-order valence-electron chi connectivity index (χ3n) is 2.08. The Labute approximate surface area is 100 Å². The summed E-state index contributed by atoms with van der Waals surface area (Å²) in [5.41, 5.74) is -1.87. The fourth-order valence-corrected chi connectivity index (χ4v) is 1.18. The van der Waals surface area contributed by atoms with Crippen molar-refractivity contribution < 1.29 is 22.4 Å². The van der Waals surface area contributed by atoms with Gasteiger partial charge in [0.15, 0.2) is 0 Å². The van der Waals surface area contributed by atoms with Crippen LogP contribution in [0, 0.1) is 17.1 Å². The molecule has 0 radical (unpaired) electrons. The summed E-state index contributed by atoms with van der Waals surface area (Å²) in [6, 6.07) is 2.25. The van der Waals surface area contributed by atoms with Gasteiger partial charge in [-0.3, -0.25) is 4.79 Å². The lowest BCUT2D eigenvalue weighted by Crippen LogP contribution is -2.32. The number of amides is 1. The van der Waals surface area contributed by atoms with Crippen LogP contribution in [0.1, 0.15) is 22.8 Å². The summed E-state index contributed by atoms with van der Waals surface area (Å²) in [7, 11) is 0. The molecule has 1 amide bonds. The summed E-state index contributed by atoms with van der Waals surface area (Å²) in [6.45, 7) is 1.32. The number of alkyl halides is 3.